The van der Waals surface area contributed by atoms with Crippen molar-refractivity contribution in [1.82, 2.24) is 0 Å². The second-order valence-electron chi connectivity index (χ2n) is 4.45. The van der Waals surface area contributed by atoms with Crippen LogP contribution in [0.2, 0.25) is 0 Å². The molecule has 1 heterocycles. The predicted molar refractivity (Wildman–Crippen MR) is 67.1 cm³/mol. The minimum atomic E-state index is -0.404. The molecule has 4 nitrogen and oxygen atoms in total. The molecule has 2 aromatic rings. The maximum absolute atomic E-state index is 12.1. The third-order valence-corrected chi connectivity index (χ3v) is 3.28. The zero-order chi connectivity index (χ0) is 13.2. The molecule has 4 heteroatoms. The average molecular weight is 256 g/mol. The molecule has 0 spiro atoms. The van der Waals surface area contributed by atoms with E-state index in [0.717, 1.165) is 5.56 Å². The molecule has 1 aliphatic rings. The minimum absolute atomic E-state index is 0.0812. The normalized spacial score (nSPS) is 17.9. The number of hydrogen-bond acceptors (Lipinski definition) is 4. The molecule has 1 atom stereocenters. The van der Waals surface area contributed by atoms with E-state index in [-0.39, 0.29) is 17.7 Å². The molecule has 1 aromatic heterocycles. The van der Waals surface area contributed by atoms with Gasteiger partial charge in [-0.25, -0.2) is 0 Å². The van der Waals surface area contributed by atoms with Crippen LogP contribution in [0.5, 0.6) is 5.95 Å². The topological polar surface area (TPSA) is 56.5 Å². The van der Waals surface area contributed by atoms with Crippen molar-refractivity contribution in [2.45, 2.75) is 18.8 Å². The van der Waals surface area contributed by atoms with Crippen LogP contribution in [0.3, 0.4) is 0 Å². The van der Waals surface area contributed by atoms with E-state index >= 15 is 0 Å². The summed E-state index contributed by atoms with van der Waals surface area (Å²) in [4.78, 5) is 23.9. The highest BCUT2D eigenvalue weighted by atomic mass is 16.6. The minimum Gasteiger partial charge on any atom is -0.434 e. The molecule has 19 heavy (non-hydrogen) atoms. The summed E-state index contributed by atoms with van der Waals surface area (Å²) in [5, 5.41) is 0. The molecule has 1 unspecified atom stereocenters. The van der Waals surface area contributed by atoms with E-state index in [9.17, 15) is 9.59 Å². The second-order valence-corrected chi connectivity index (χ2v) is 4.45. The average Bonchev–Trinajstić information content (AvgIpc) is 2.92. The molecule has 1 aliphatic carbocycles. The van der Waals surface area contributed by atoms with Crippen molar-refractivity contribution in [3.8, 4) is 5.95 Å². The van der Waals surface area contributed by atoms with Gasteiger partial charge in [0.1, 0.15) is 0 Å². The Kier molecular flexibility index (Phi) is 2.91. The zero-order valence-corrected chi connectivity index (χ0v) is 10.2. The molecule has 0 saturated heterocycles. The molecular weight excluding hydrogens is 244 g/mol. The summed E-state index contributed by atoms with van der Waals surface area (Å²) >= 11 is 0. The van der Waals surface area contributed by atoms with E-state index in [1.807, 2.05) is 6.07 Å². The first kappa shape index (κ1) is 11.7. The van der Waals surface area contributed by atoms with Crippen LogP contribution in [0.25, 0.3) is 0 Å². The lowest BCUT2D eigenvalue weighted by Crippen LogP contribution is -2.25. The lowest BCUT2D eigenvalue weighted by Gasteiger charge is -2.22. The molecule has 0 fully saturated rings. The number of ketones is 1. The van der Waals surface area contributed by atoms with Crippen LogP contribution in [-0.4, -0.2) is 11.8 Å². The molecule has 0 radical (unpaired) electrons. The number of esters is 1. The second kappa shape index (κ2) is 4.72. The van der Waals surface area contributed by atoms with Crippen molar-refractivity contribution < 1.29 is 18.7 Å². The number of ether oxygens (including phenoxy) is 1. The summed E-state index contributed by atoms with van der Waals surface area (Å²) in [6.45, 7) is 0. The Labute approximate surface area is 110 Å². The van der Waals surface area contributed by atoms with Crippen LogP contribution in [0.15, 0.2) is 47.1 Å². The number of carbonyl (C=O) groups is 2. The van der Waals surface area contributed by atoms with Gasteiger partial charge in [0.15, 0.2) is 5.78 Å². The van der Waals surface area contributed by atoms with Crippen molar-refractivity contribution in [3.05, 3.63) is 53.8 Å². The predicted octanol–water partition coefficient (Wildman–Crippen LogP) is 2.95. The lowest BCUT2D eigenvalue weighted by molar-refractivity contribution is -0.137. The summed E-state index contributed by atoms with van der Waals surface area (Å²) in [7, 11) is 0. The number of fused-ring (bicyclic) bond motifs is 1. The molecule has 3 rings (SSSR count). The molecule has 0 N–H and O–H groups in total. The summed E-state index contributed by atoms with van der Waals surface area (Å²) in [5.41, 5.74) is 1.37. The van der Waals surface area contributed by atoms with E-state index in [2.05, 4.69) is 0 Å². The largest absolute Gasteiger partial charge is 0.434 e. The van der Waals surface area contributed by atoms with Crippen LogP contribution in [0.1, 0.15) is 34.7 Å². The standard InChI is InChI=1S/C15H12O4/c16-13-8-7-12(10-4-1-2-5-11(10)13)15(17)19-14-6-3-9-18-14/h1-6,9,12H,7-8H2. The van der Waals surface area contributed by atoms with Crippen molar-refractivity contribution >= 4 is 11.8 Å². The summed E-state index contributed by atoms with van der Waals surface area (Å²) in [6, 6.07) is 10.4. The maximum Gasteiger partial charge on any atom is 0.321 e. The van der Waals surface area contributed by atoms with Crippen molar-refractivity contribution in [2.75, 3.05) is 0 Å². The SMILES string of the molecule is O=C1CCC(C(=O)Oc2ccco2)c2ccccc21. The van der Waals surface area contributed by atoms with Gasteiger partial charge in [0.25, 0.3) is 5.95 Å². The van der Waals surface area contributed by atoms with Crippen LogP contribution in [0, 0.1) is 0 Å². The highest BCUT2D eigenvalue weighted by Crippen LogP contribution is 2.32. The summed E-state index contributed by atoms with van der Waals surface area (Å²) in [5.74, 6) is -0.522. The number of benzene rings is 1. The molecule has 0 amide bonds. The fourth-order valence-corrected chi connectivity index (χ4v) is 2.36. The van der Waals surface area contributed by atoms with Crippen molar-refractivity contribution in [2.24, 2.45) is 0 Å². The smallest absolute Gasteiger partial charge is 0.321 e. The summed E-state index contributed by atoms with van der Waals surface area (Å²) < 4.78 is 10.2. The fraction of sp³-hybridized carbons (Fsp3) is 0.200. The Morgan fingerprint density at radius 1 is 1.21 bits per heavy atom. The van der Waals surface area contributed by atoms with Gasteiger partial charge in [0.2, 0.25) is 0 Å². The van der Waals surface area contributed by atoms with E-state index in [1.165, 1.54) is 6.26 Å². The van der Waals surface area contributed by atoms with Gasteiger partial charge < -0.3 is 9.15 Å². The first-order chi connectivity index (χ1) is 9.25. The molecule has 0 saturated carbocycles. The highest BCUT2D eigenvalue weighted by molar-refractivity contribution is 6.01. The van der Waals surface area contributed by atoms with E-state index in [0.29, 0.717) is 18.4 Å². The fourth-order valence-electron chi connectivity index (χ4n) is 2.36. The molecule has 0 bridgehead atoms. The Hall–Kier alpha value is -2.36. The maximum atomic E-state index is 12.1. The van der Waals surface area contributed by atoms with Gasteiger partial charge in [-0.2, -0.15) is 0 Å². The third-order valence-electron chi connectivity index (χ3n) is 3.28. The van der Waals surface area contributed by atoms with Gasteiger partial charge in [-0.05, 0) is 18.1 Å². The molecule has 1 aromatic carbocycles. The highest BCUT2D eigenvalue weighted by Gasteiger charge is 2.31. The first-order valence-electron chi connectivity index (χ1n) is 6.13. The molecule has 0 aliphatic heterocycles. The number of furan rings is 1. The Morgan fingerprint density at radius 2 is 2.05 bits per heavy atom. The monoisotopic (exact) mass is 256 g/mol. The lowest BCUT2D eigenvalue weighted by atomic mass is 9.82. The number of hydrogen-bond donors (Lipinski definition) is 0. The van der Waals surface area contributed by atoms with Crippen LogP contribution in [-0.2, 0) is 4.79 Å². The zero-order valence-electron chi connectivity index (χ0n) is 10.2. The number of carbonyl (C=O) groups excluding carboxylic acids is 2. The number of Topliss-reactive ketones (excluding diaryl/α,β-unsaturated/α-hetero) is 1. The van der Waals surface area contributed by atoms with Gasteiger partial charge in [-0.15, -0.1) is 0 Å². The number of rotatable bonds is 2. The van der Waals surface area contributed by atoms with Gasteiger partial charge >= 0.3 is 5.97 Å². The first-order valence-corrected chi connectivity index (χ1v) is 6.13. The van der Waals surface area contributed by atoms with E-state index in [4.69, 9.17) is 9.15 Å². The van der Waals surface area contributed by atoms with Crippen molar-refractivity contribution in [3.63, 3.8) is 0 Å². The van der Waals surface area contributed by atoms with E-state index < -0.39 is 5.92 Å². The van der Waals surface area contributed by atoms with Crippen molar-refractivity contribution in [1.29, 1.82) is 0 Å². The third kappa shape index (κ3) is 2.17. The van der Waals surface area contributed by atoms with Gasteiger partial charge in [0.05, 0.1) is 12.2 Å². The van der Waals surface area contributed by atoms with Gasteiger partial charge in [-0.3, -0.25) is 9.59 Å². The van der Waals surface area contributed by atoms with Gasteiger partial charge in [-0.1, -0.05) is 24.3 Å². The van der Waals surface area contributed by atoms with Crippen LogP contribution < -0.4 is 4.74 Å². The van der Waals surface area contributed by atoms with Crippen LogP contribution >= 0.6 is 0 Å². The Morgan fingerprint density at radius 3 is 2.84 bits per heavy atom. The Bertz CT molecular complexity index is 613. The molecular formula is C15H12O4. The molecule has 96 valence electrons. The summed E-state index contributed by atoms with van der Waals surface area (Å²) in [6.07, 6.45) is 2.30. The van der Waals surface area contributed by atoms with E-state index in [1.54, 1.807) is 30.3 Å². The van der Waals surface area contributed by atoms with Crippen LogP contribution in [0.4, 0.5) is 0 Å². The Balaban J connectivity index is 1.88. The van der Waals surface area contributed by atoms with Gasteiger partial charge in [0, 0.05) is 18.1 Å². The quantitative estimate of drug-likeness (QED) is 0.775.